The molecule has 0 atom stereocenters. The van der Waals surface area contributed by atoms with Crippen molar-refractivity contribution in [1.29, 1.82) is 5.41 Å². The van der Waals surface area contributed by atoms with Crippen LogP contribution in [-0.2, 0) is 4.74 Å². The second-order valence-electron chi connectivity index (χ2n) is 7.85. The summed E-state index contributed by atoms with van der Waals surface area (Å²) in [6.07, 6.45) is -0.800. The number of amides is 1. The van der Waals surface area contributed by atoms with Crippen molar-refractivity contribution in [1.82, 2.24) is 19.7 Å². The van der Waals surface area contributed by atoms with E-state index in [-0.39, 0.29) is 23.7 Å². The number of nitrogens with zero attached hydrogens (tertiary/aromatic N) is 5. The molecule has 3 N–H and O–H groups in total. The van der Waals surface area contributed by atoms with Gasteiger partial charge in [-0.25, -0.2) is 10.6 Å². The fraction of sp³-hybridized carbons (Fsp3) is 0.0741. The third-order valence-corrected chi connectivity index (χ3v) is 5.63. The van der Waals surface area contributed by atoms with Crippen LogP contribution in [0, 0.1) is 5.41 Å². The Morgan fingerprint density at radius 3 is 2.11 bits per heavy atom. The van der Waals surface area contributed by atoms with Gasteiger partial charge in [0.05, 0.1) is 17.7 Å². The van der Waals surface area contributed by atoms with Crippen LogP contribution in [-0.4, -0.2) is 32.4 Å². The molecule has 0 radical (unpaired) electrons. The lowest BCUT2D eigenvalue weighted by Crippen LogP contribution is -2.42. The summed E-state index contributed by atoms with van der Waals surface area (Å²) in [5.74, 6) is 6.12. The van der Waals surface area contributed by atoms with Gasteiger partial charge in [0.2, 0.25) is 5.95 Å². The maximum atomic E-state index is 12.5. The lowest BCUT2D eigenvalue weighted by Gasteiger charge is -2.22. The van der Waals surface area contributed by atoms with Crippen LogP contribution in [0.3, 0.4) is 0 Å². The minimum Gasteiger partial charge on any atom is -0.448 e. The summed E-state index contributed by atoms with van der Waals surface area (Å²) in [7, 11) is 0. The third-order valence-electron chi connectivity index (χ3n) is 5.63. The average molecular weight is 478 g/mol. The summed E-state index contributed by atoms with van der Waals surface area (Å²) < 4.78 is 6.58. The summed E-state index contributed by atoms with van der Waals surface area (Å²) in [6.45, 7) is 1.82. The molecule has 36 heavy (non-hydrogen) atoms. The van der Waals surface area contributed by atoms with Crippen molar-refractivity contribution in [2.45, 2.75) is 6.92 Å². The molecule has 2 aromatic heterocycles. The lowest BCUT2D eigenvalue weighted by molar-refractivity contribution is 0.159. The number of nitrogens with one attached hydrogen (secondary N) is 1. The second kappa shape index (κ2) is 9.77. The summed E-state index contributed by atoms with van der Waals surface area (Å²) in [5, 5.41) is 19.4. The van der Waals surface area contributed by atoms with Gasteiger partial charge >= 0.3 is 6.09 Å². The average Bonchev–Trinajstić information content (AvgIpc) is 2.93. The highest BCUT2D eigenvalue weighted by atomic mass is 16.6. The predicted molar refractivity (Wildman–Crippen MR) is 137 cm³/mol. The topological polar surface area (TPSA) is 123 Å². The number of anilines is 1. The van der Waals surface area contributed by atoms with E-state index in [0.717, 1.165) is 16.1 Å². The summed E-state index contributed by atoms with van der Waals surface area (Å²) >= 11 is 0. The van der Waals surface area contributed by atoms with E-state index in [9.17, 15) is 10.2 Å². The Kier molecular flexibility index (Phi) is 6.21. The Balaban J connectivity index is 1.91. The van der Waals surface area contributed by atoms with E-state index < -0.39 is 6.09 Å². The fourth-order valence-corrected chi connectivity index (χ4v) is 4.03. The first-order chi connectivity index (χ1) is 17.6. The number of ether oxygens (including phenoxy) is 1. The van der Waals surface area contributed by atoms with E-state index in [1.165, 1.54) is 4.57 Å². The van der Waals surface area contributed by atoms with Crippen LogP contribution in [0.4, 0.5) is 10.7 Å². The Morgan fingerprint density at radius 1 is 0.917 bits per heavy atom. The predicted octanol–water partition coefficient (Wildman–Crippen LogP) is 4.47. The van der Waals surface area contributed by atoms with Crippen molar-refractivity contribution in [3.63, 3.8) is 0 Å². The van der Waals surface area contributed by atoms with Crippen LogP contribution in [0.1, 0.15) is 6.92 Å². The molecular formula is C27H23N7O2. The van der Waals surface area contributed by atoms with Crippen LogP contribution >= 0.6 is 0 Å². The van der Waals surface area contributed by atoms with Gasteiger partial charge in [-0.1, -0.05) is 78.9 Å². The Hall–Kier alpha value is -4.89. The Bertz CT molecular complexity index is 1590. The molecule has 9 nitrogen and oxygen atoms in total. The summed E-state index contributed by atoms with van der Waals surface area (Å²) in [5.41, 5.74) is 3.87. The van der Waals surface area contributed by atoms with E-state index >= 15 is 0 Å². The van der Waals surface area contributed by atoms with E-state index in [4.69, 9.17) is 10.6 Å². The van der Waals surface area contributed by atoms with Crippen molar-refractivity contribution >= 4 is 23.1 Å². The summed E-state index contributed by atoms with van der Waals surface area (Å²) in [4.78, 5) is 17.1. The Labute approximate surface area is 206 Å². The zero-order valence-electron chi connectivity index (χ0n) is 19.5. The highest BCUT2D eigenvalue weighted by Crippen LogP contribution is 2.34. The smallest absolute Gasteiger partial charge is 0.431 e. The Morgan fingerprint density at radius 2 is 1.50 bits per heavy atom. The molecule has 2 heterocycles. The van der Waals surface area contributed by atoms with Gasteiger partial charge in [-0.15, -0.1) is 10.2 Å². The van der Waals surface area contributed by atoms with Gasteiger partial charge in [0.15, 0.2) is 5.65 Å². The van der Waals surface area contributed by atoms with Gasteiger partial charge in [0.25, 0.3) is 0 Å². The number of carbonyl (C=O) groups excluding carboxylic acids is 1. The van der Waals surface area contributed by atoms with Crippen molar-refractivity contribution in [3.05, 3.63) is 96.5 Å². The molecule has 0 aliphatic rings. The summed E-state index contributed by atoms with van der Waals surface area (Å²) in [6, 6.07) is 28.5. The molecule has 5 rings (SSSR count). The normalized spacial score (nSPS) is 10.8. The molecule has 0 aliphatic carbocycles. The molecule has 5 aromatic rings. The van der Waals surface area contributed by atoms with Gasteiger partial charge in [-0.05, 0) is 24.6 Å². The number of carbonyl (C=O) groups is 1. The molecule has 0 spiro atoms. The number of fused-ring (bicyclic) bond motifs is 1. The van der Waals surface area contributed by atoms with Crippen molar-refractivity contribution in [2.24, 2.45) is 5.84 Å². The molecule has 0 saturated heterocycles. The number of para-hydroxylation sites is 1. The molecule has 0 unspecified atom stereocenters. The van der Waals surface area contributed by atoms with Crippen LogP contribution < -0.4 is 16.3 Å². The van der Waals surface area contributed by atoms with Crippen molar-refractivity contribution < 1.29 is 9.53 Å². The maximum Gasteiger partial charge on any atom is 0.431 e. The number of benzene rings is 3. The number of hydrogen-bond acceptors (Lipinski definition) is 7. The van der Waals surface area contributed by atoms with Crippen molar-refractivity contribution in [2.75, 3.05) is 11.6 Å². The number of rotatable bonds is 5. The van der Waals surface area contributed by atoms with E-state index in [2.05, 4.69) is 15.2 Å². The van der Waals surface area contributed by atoms with Crippen LogP contribution in [0.2, 0.25) is 0 Å². The van der Waals surface area contributed by atoms with Gasteiger partial charge in [-0.3, -0.25) is 9.98 Å². The molecule has 0 fully saturated rings. The van der Waals surface area contributed by atoms with Gasteiger partial charge in [-0.2, -0.15) is 9.99 Å². The molecular weight excluding hydrogens is 454 g/mol. The molecule has 0 bridgehead atoms. The molecule has 9 heteroatoms. The third kappa shape index (κ3) is 4.08. The highest BCUT2D eigenvalue weighted by molar-refractivity contribution is 5.99. The van der Waals surface area contributed by atoms with Crippen LogP contribution in [0.15, 0.2) is 91.0 Å². The zero-order valence-corrected chi connectivity index (χ0v) is 19.5. The quantitative estimate of drug-likeness (QED) is 0.219. The first-order valence-electron chi connectivity index (χ1n) is 11.4. The molecule has 0 aliphatic heterocycles. The number of hydrogen-bond donors (Lipinski definition) is 2. The number of aromatic nitrogens is 4. The van der Waals surface area contributed by atoms with E-state index in [0.29, 0.717) is 22.3 Å². The molecule has 178 valence electrons. The highest BCUT2D eigenvalue weighted by Gasteiger charge is 2.25. The molecule has 0 saturated carbocycles. The van der Waals surface area contributed by atoms with Gasteiger partial charge in [0, 0.05) is 11.1 Å². The van der Waals surface area contributed by atoms with Crippen LogP contribution in [0.5, 0.6) is 0 Å². The monoisotopic (exact) mass is 477 g/mol. The SMILES string of the molecule is CCOC(=O)N(N)c1nc2nnc(-c3ccccc3)c(-c3ccccc3)c2c(=N)n1-c1ccccc1. The fourth-order valence-electron chi connectivity index (χ4n) is 4.03. The van der Waals surface area contributed by atoms with Crippen LogP contribution in [0.25, 0.3) is 39.1 Å². The van der Waals surface area contributed by atoms with Crippen molar-refractivity contribution in [3.8, 4) is 28.1 Å². The minimum atomic E-state index is -0.800. The zero-order chi connectivity index (χ0) is 25.1. The van der Waals surface area contributed by atoms with Gasteiger partial charge < -0.3 is 4.74 Å². The molecule has 3 aromatic carbocycles. The lowest BCUT2D eigenvalue weighted by atomic mass is 9.97. The first kappa shape index (κ1) is 22.9. The largest absolute Gasteiger partial charge is 0.448 e. The number of hydrazine groups is 1. The minimum absolute atomic E-state index is 0.0158. The standard InChI is InChI=1S/C27H23N7O2/c1-2-36-27(35)34(29)26-30-25-22(24(28)33(26)20-16-10-5-11-17-20)21(18-12-6-3-7-13-18)23(31-32-25)19-14-8-4-9-15-19/h3-17,28H,2,29H2,1H3. The first-order valence-corrected chi connectivity index (χ1v) is 11.4. The number of nitrogens with two attached hydrogens (primary N) is 1. The molecule has 1 amide bonds. The van der Waals surface area contributed by atoms with E-state index in [1.807, 2.05) is 91.0 Å². The second-order valence-corrected chi connectivity index (χ2v) is 7.85. The maximum absolute atomic E-state index is 12.5. The van der Waals surface area contributed by atoms with Gasteiger partial charge in [0.1, 0.15) is 11.2 Å². The van der Waals surface area contributed by atoms with E-state index in [1.54, 1.807) is 6.92 Å².